The van der Waals surface area contributed by atoms with Crippen molar-refractivity contribution in [1.82, 2.24) is 5.32 Å². The summed E-state index contributed by atoms with van der Waals surface area (Å²) in [7, 11) is 1.93. The first-order valence-corrected chi connectivity index (χ1v) is 6.04. The van der Waals surface area contributed by atoms with Crippen LogP contribution in [0.25, 0.3) is 10.4 Å². The molecule has 78 valence electrons. The van der Waals surface area contributed by atoms with Crippen LogP contribution in [-0.4, -0.2) is 7.05 Å². The summed E-state index contributed by atoms with van der Waals surface area (Å²) in [5.41, 5.74) is 2.33. The van der Waals surface area contributed by atoms with Gasteiger partial charge in [-0.2, -0.15) is 0 Å². The Bertz CT molecular complexity index is 437. The van der Waals surface area contributed by atoms with Crippen LogP contribution in [0.2, 0.25) is 5.02 Å². The molecule has 3 heteroatoms. The highest BCUT2D eigenvalue weighted by Gasteiger charge is 2.04. The molecule has 0 amide bonds. The fraction of sp³-hybridized carbons (Fsp3) is 0.167. The van der Waals surface area contributed by atoms with Crippen LogP contribution in [0.5, 0.6) is 0 Å². The van der Waals surface area contributed by atoms with Gasteiger partial charge in [0.2, 0.25) is 0 Å². The van der Waals surface area contributed by atoms with Gasteiger partial charge in [0.1, 0.15) is 0 Å². The molecule has 0 aliphatic heterocycles. The van der Waals surface area contributed by atoms with Crippen molar-refractivity contribution in [1.29, 1.82) is 0 Å². The van der Waals surface area contributed by atoms with E-state index in [2.05, 4.69) is 28.9 Å². The Morgan fingerprint density at radius 1 is 1.33 bits per heavy atom. The van der Waals surface area contributed by atoms with Crippen LogP contribution in [0.15, 0.2) is 35.7 Å². The van der Waals surface area contributed by atoms with Gasteiger partial charge in [0.05, 0.1) is 0 Å². The predicted molar refractivity (Wildman–Crippen MR) is 67.5 cm³/mol. The number of thiophene rings is 1. The monoisotopic (exact) mass is 237 g/mol. The number of nitrogens with one attached hydrogen (secondary N) is 1. The van der Waals surface area contributed by atoms with Gasteiger partial charge in [0.15, 0.2) is 0 Å². The summed E-state index contributed by atoms with van der Waals surface area (Å²) in [6, 6.07) is 10.3. The zero-order valence-corrected chi connectivity index (χ0v) is 10.0. The summed E-state index contributed by atoms with van der Waals surface area (Å²) in [5.74, 6) is 0. The van der Waals surface area contributed by atoms with E-state index in [-0.39, 0.29) is 0 Å². The number of benzene rings is 1. The average Bonchev–Trinajstić information content (AvgIpc) is 2.71. The van der Waals surface area contributed by atoms with Gasteiger partial charge < -0.3 is 5.32 Å². The topological polar surface area (TPSA) is 12.0 Å². The van der Waals surface area contributed by atoms with Crippen molar-refractivity contribution in [2.24, 2.45) is 0 Å². The molecule has 15 heavy (non-hydrogen) atoms. The fourth-order valence-corrected chi connectivity index (χ4v) is 2.63. The normalized spacial score (nSPS) is 10.5. The minimum Gasteiger partial charge on any atom is -0.316 e. The predicted octanol–water partition coefficient (Wildman–Crippen LogP) is 3.79. The molecule has 0 saturated heterocycles. The summed E-state index contributed by atoms with van der Waals surface area (Å²) >= 11 is 7.94. The molecule has 2 rings (SSSR count). The van der Waals surface area contributed by atoms with E-state index in [9.17, 15) is 0 Å². The highest BCUT2D eigenvalue weighted by atomic mass is 35.5. The number of rotatable bonds is 3. The van der Waals surface area contributed by atoms with Crippen molar-refractivity contribution in [3.05, 3.63) is 46.3 Å². The highest BCUT2D eigenvalue weighted by molar-refractivity contribution is 7.13. The molecule has 1 aromatic carbocycles. The molecule has 0 fully saturated rings. The quantitative estimate of drug-likeness (QED) is 0.857. The van der Waals surface area contributed by atoms with E-state index >= 15 is 0 Å². The van der Waals surface area contributed by atoms with E-state index in [0.717, 1.165) is 17.1 Å². The summed E-state index contributed by atoms with van der Waals surface area (Å²) in [5, 5.41) is 6.00. The Kier molecular flexibility index (Phi) is 3.41. The van der Waals surface area contributed by atoms with Gasteiger partial charge in [-0.05, 0) is 30.1 Å². The molecule has 0 aliphatic carbocycles. The molecule has 0 aliphatic rings. The van der Waals surface area contributed by atoms with Gasteiger partial charge in [0, 0.05) is 22.0 Å². The second kappa shape index (κ2) is 4.79. The molecule has 0 atom stereocenters. The maximum atomic E-state index is 6.24. The van der Waals surface area contributed by atoms with E-state index in [4.69, 9.17) is 11.6 Å². The van der Waals surface area contributed by atoms with Crippen molar-refractivity contribution >= 4 is 22.9 Å². The first-order valence-electron chi connectivity index (χ1n) is 4.78. The Morgan fingerprint density at radius 2 is 2.20 bits per heavy atom. The lowest BCUT2D eigenvalue weighted by atomic mass is 10.1. The number of hydrogen-bond acceptors (Lipinski definition) is 2. The summed E-state index contributed by atoms with van der Waals surface area (Å²) in [6.07, 6.45) is 0. The maximum absolute atomic E-state index is 6.24. The largest absolute Gasteiger partial charge is 0.316 e. The molecule has 1 aromatic heterocycles. The van der Waals surface area contributed by atoms with Crippen LogP contribution in [0.3, 0.4) is 0 Å². The molecule has 0 radical (unpaired) electrons. The highest BCUT2D eigenvalue weighted by Crippen LogP contribution is 2.31. The second-order valence-corrected chi connectivity index (χ2v) is 4.68. The van der Waals surface area contributed by atoms with Gasteiger partial charge >= 0.3 is 0 Å². The van der Waals surface area contributed by atoms with Crippen LogP contribution in [-0.2, 0) is 6.54 Å². The van der Waals surface area contributed by atoms with Gasteiger partial charge in [-0.1, -0.05) is 29.8 Å². The lowest BCUT2D eigenvalue weighted by Crippen LogP contribution is -2.04. The zero-order valence-electron chi connectivity index (χ0n) is 8.46. The van der Waals surface area contributed by atoms with Crippen molar-refractivity contribution in [3.8, 4) is 10.4 Å². The van der Waals surface area contributed by atoms with E-state index in [0.29, 0.717) is 0 Å². The Balaban J connectivity index is 2.35. The van der Waals surface area contributed by atoms with Crippen molar-refractivity contribution in [3.63, 3.8) is 0 Å². The van der Waals surface area contributed by atoms with E-state index < -0.39 is 0 Å². The Morgan fingerprint density at radius 3 is 2.80 bits per heavy atom. The first kappa shape index (κ1) is 10.7. The standard InChI is InChI=1S/C12H12ClNS/c1-14-8-9-4-5-10(11(13)7-9)12-3-2-6-15-12/h2-7,14H,8H2,1H3. The first-order chi connectivity index (χ1) is 7.31. The van der Waals surface area contributed by atoms with Crippen LogP contribution in [0, 0.1) is 0 Å². The Labute approximate surface area is 98.7 Å². The molecule has 1 heterocycles. The van der Waals surface area contributed by atoms with Gasteiger partial charge in [-0.15, -0.1) is 11.3 Å². The summed E-state index contributed by atoms with van der Waals surface area (Å²) < 4.78 is 0. The zero-order chi connectivity index (χ0) is 10.7. The lowest BCUT2D eigenvalue weighted by Gasteiger charge is -2.05. The molecule has 2 aromatic rings. The van der Waals surface area contributed by atoms with E-state index in [1.165, 1.54) is 10.4 Å². The third-order valence-electron chi connectivity index (χ3n) is 2.20. The fourth-order valence-electron chi connectivity index (χ4n) is 1.50. The van der Waals surface area contributed by atoms with Gasteiger partial charge in [-0.3, -0.25) is 0 Å². The smallest absolute Gasteiger partial charge is 0.0495 e. The van der Waals surface area contributed by atoms with Crippen LogP contribution in [0.1, 0.15) is 5.56 Å². The van der Waals surface area contributed by atoms with Crippen LogP contribution < -0.4 is 5.32 Å². The van der Waals surface area contributed by atoms with E-state index in [1.54, 1.807) is 11.3 Å². The number of hydrogen-bond donors (Lipinski definition) is 1. The molecule has 0 saturated carbocycles. The van der Waals surface area contributed by atoms with Crippen molar-refractivity contribution in [2.45, 2.75) is 6.54 Å². The minimum absolute atomic E-state index is 0.824. The minimum atomic E-state index is 0.824. The Hall–Kier alpha value is -0.830. The molecule has 0 unspecified atom stereocenters. The van der Waals surface area contributed by atoms with Crippen molar-refractivity contribution < 1.29 is 0 Å². The van der Waals surface area contributed by atoms with Crippen LogP contribution >= 0.6 is 22.9 Å². The molecule has 0 spiro atoms. The second-order valence-electron chi connectivity index (χ2n) is 3.32. The third-order valence-corrected chi connectivity index (χ3v) is 3.42. The van der Waals surface area contributed by atoms with Gasteiger partial charge in [0.25, 0.3) is 0 Å². The lowest BCUT2D eigenvalue weighted by molar-refractivity contribution is 0.818. The molecular weight excluding hydrogens is 226 g/mol. The molecule has 1 nitrogen and oxygen atoms in total. The molecule has 1 N–H and O–H groups in total. The summed E-state index contributed by atoms with van der Waals surface area (Å²) in [4.78, 5) is 1.22. The number of halogens is 1. The summed E-state index contributed by atoms with van der Waals surface area (Å²) in [6.45, 7) is 0.852. The molecular formula is C12H12ClNS. The van der Waals surface area contributed by atoms with Gasteiger partial charge in [-0.25, -0.2) is 0 Å². The average molecular weight is 238 g/mol. The maximum Gasteiger partial charge on any atom is 0.0495 e. The third kappa shape index (κ3) is 2.40. The van der Waals surface area contributed by atoms with E-state index in [1.807, 2.05) is 19.2 Å². The van der Waals surface area contributed by atoms with Crippen LogP contribution in [0.4, 0.5) is 0 Å². The molecule has 0 bridgehead atoms. The van der Waals surface area contributed by atoms with Crippen molar-refractivity contribution in [2.75, 3.05) is 7.05 Å². The SMILES string of the molecule is CNCc1ccc(-c2cccs2)c(Cl)c1.